The summed E-state index contributed by atoms with van der Waals surface area (Å²) in [5, 5.41) is 7.26. The highest BCUT2D eigenvalue weighted by atomic mass is 35.5. The number of halogens is 1. The van der Waals surface area contributed by atoms with Gasteiger partial charge in [0.1, 0.15) is 6.04 Å². The number of nitrogens with zero attached hydrogens (tertiary/aromatic N) is 2. The molecular weight excluding hydrogens is 254 g/mol. The van der Waals surface area contributed by atoms with Crippen molar-refractivity contribution in [1.29, 1.82) is 0 Å². The van der Waals surface area contributed by atoms with Crippen molar-refractivity contribution in [3.05, 3.63) is 36.2 Å². The van der Waals surface area contributed by atoms with Gasteiger partial charge in [0.05, 0.1) is 13.2 Å². The molecule has 18 heavy (non-hydrogen) atoms. The molecule has 0 saturated carbocycles. The summed E-state index contributed by atoms with van der Waals surface area (Å²) in [7, 11) is 0. The summed E-state index contributed by atoms with van der Waals surface area (Å²) >= 11 is 0. The van der Waals surface area contributed by atoms with Crippen LogP contribution in [0.3, 0.4) is 0 Å². The molecule has 2 aromatic rings. The predicted molar refractivity (Wildman–Crippen MR) is 68.5 cm³/mol. The Labute approximate surface area is 111 Å². The second kappa shape index (κ2) is 5.95. The quantitative estimate of drug-likeness (QED) is 0.899. The van der Waals surface area contributed by atoms with Gasteiger partial charge < -0.3 is 14.6 Å². The molecule has 3 rings (SSSR count). The standard InChI is InChI=1S/C12H13N3O2.ClH/c1-2-4-9(5-3-1)11-14-12(17-15-11)10-8-16-7-6-13-10;/h1-5,10,13H,6-8H2;1H. The van der Waals surface area contributed by atoms with Crippen molar-refractivity contribution in [3.8, 4) is 11.4 Å². The Bertz CT molecular complexity index is 483. The van der Waals surface area contributed by atoms with Crippen LogP contribution in [-0.2, 0) is 4.74 Å². The van der Waals surface area contributed by atoms with Crippen molar-refractivity contribution in [2.24, 2.45) is 0 Å². The number of aromatic nitrogens is 2. The van der Waals surface area contributed by atoms with E-state index in [9.17, 15) is 0 Å². The first-order valence-corrected chi connectivity index (χ1v) is 5.63. The van der Waals surface area contributed by atoms with Crippen molar-refractivity contribution in [2.75, 3.05) is 19.8 Å². The van der Waals surface area contributed by atoms with Gasteiger partial charge in [0.2, 0.25) is 11.7 Å². The molecule has 0 radical (unpaired) electrons. The lowest BCUT2D eigenvalue weighted by molar-refractivity contribution is 0.0659. The molecule has 5 nitrogen and oxygen atoms in total. The lowest BCUT2D eigenvalue weighted by Gasteiger charge is -2.20. The minimum Gasteiger partial charge on any atom is -0.378 e. The molecule has 2 heterocycles. The van der Waals surface area contributed by atoms with Crippen LogP contribution in [0.1, 0.15) is 11.9 Å². The highest BCUT2D eigenvalue weighted by molar-refractivity contribution is 5.85. The Kier molecular flexibility index (Phi) is 4.30. The smallest absolute Gasteiger partial charge is 0.246 e. The largest absolute Gasteiger partial charge is 0.378 e. The molecule has 1 aromatic heterocycles. The van der Waals surface area contributed by atoms with E-state index in [4.69, 9.17) is 9.26 Å². The van der Waals surface area contributed by atoms with E-state index >= 15 is 0 Å². The van der Waals surface area contributed by atoms with E-state index in [0.29, 0.717) is 18.3 Å². The molecule has 6 heteroatoms. The van der Waals surface area contributed by atoms with Crippen LogP contribution >= 0.6 is 12.4 Å². The maximum atomic E-state index is 5.36. The van der Waals surface area contributed by atoms with Crippen LogP contribution in [0.2, 0.25) is 0 Å². The molecule has 0 amide bonds. The van der Waals surface area contributed by atoms with Crippen LogP contribution in [0.15, 0.2) is 34.9 Å². The van der Waals surface area contributed by atoms with Gasteiger partial charge in [0.15, 0.2) is 0 Å². The zero-order valence-corrected chi connectivity index (χ0v) is 10.5. The Balaban J connectivity index is 0.00000120. The molecule has 1 aromatic carbocycles. The van der Waals surface area contributed by atoms with Gasteiger partial charge in [0, 0.05) is 12.1 Å². The second-order valence-electron chi connectivity index (χ2n) is 3.90. The maximum absolute atomic E-state index is 5.36. The fraction of sp³-hybridized carbons (Fsp3) is 0.333. The highest BCUT2D eigenvalue weighted by Gasteiger charge is 2.21. The lowest BCUT2D eigenvalue weighted by Crippen LogP contribution is -2.34. The second-order valence-corrected chi connectivity index (χ2v) is 3.90. The number of morpholine rings is 1. The molecule has 0 spiro atoms. The number of hydrogen-bond acceptors (Lipinski definition) is 5. The van der Waals surface area contributed by atoms with E-state index in [2.05, 4.69) is 15.5 Å². The average molecular weight is 268 g/mol. The fourth-order valence-corrected chi connectivity index (χ4v) is 1.81. The number of hydrogen-bond donors (Lipinski definition) is 1. The number of rotatable bonds is 2. The number of nitrogens with one attached hydrogen (secondary N) is 1. The third-order valence-electron chi connectivity index (χ3n) is 2.69. The minimum atomic E-state index is 0. The summed E-state index contributed by atoms with van der Waals surface area (Å²) in [6, 6.07) is 9.79. The zero-order chi connectivity index (χ0) is 11.5. The van der Waals surface area contributed by atoms with E-state index in [1.165, 1.54) is 0 Å². The molecule has 1 aliphatic rings. The van der Waals surface area contributed by atoms with E-state index in [1.54, 1.807) is 0 Å². The molecule has 1 N–H and O–H groups in total. The molecule has 96 valence electrons. The molecule has 0 bridgehead atoms. The summed E-state index contributed by atoms with van der Waals surface area (Å²) in [4.78, 5) is 4.38. The topological polar surface area (TPSA) is 60.2 Å². The summed E-state index contributed by atoms with van der Waals surface area (Å²) in [6.45, 7) is 2.13. The predicted octanol–water partition coefficient (Wildman–Crippen LogP) is 1.82. The first-order chi connectivity index (χ1) is 8.43. The first kappa shape index (κ1) is 13.0. The molecule has 1 unspecified atom stereocenters. The third-order valence-corrected chi connectivity index (χ3v) is 2.69. The SMILES string of the molecule is Cl.c1ccc(-c2noc(C3COCCN3)n2)cc1. The third kappa shape index (κ3) is 2.69. The van der Waals surface area contributed by atoms with E-state index in [1.807, 2.05) is 30.3 Å². The molecule has 1 fully saturated rings. The summed E-state index contributed by atoms with van der Waals surface area (Å²) in [6.07, 6.45) is 0. The van der Waals surface area contributed by atoms with Gasteiger partial charge >= 0.3 is 0 Å². The molecule has 1 aliphatic heterocycles. The van der Waals surface area contributed by atoms with Crippen molar-refractivity contribution < 1.29 is 9.26 Å². The highest BCUT2D eigenvalue weighted by Crippen LogP contribution is 2.19. The van der Waals surface area contributed by atoms with Crippen molar-refractivity contribution >= 4 is 12.4 Å². The van der Waals surface area contributed by atoms with Crippen molar-refractivity contribution in [2.45, 2.75) is 6.04 Å². The normalized spacial score (nSPS) is 19.2. The Hall–Kier alpha value is -1.43. The fourth-order valence-electron chi connectivity index (χ4n) is 1.81. The number of ether oxygens (including phenoxy) is 1. The summed E-state index contributed by atoms with van der Waals surface area (Å²) in [5.41, 5.74) is 0.958. The first-order valence-electron chi connectivity index (χ1n) is 5.63. The Morgan fingerprint density at radius 1 is 1.22 bits per heavy atom. The summed E-state index contributed by atoms with van der Waals surface area (Å²) < 4.78 is 10.6. The van der Waals surface area contributed by atoms with Gasteiger partial charge in [-0.05, 0) is 0 Å². The van der Waals surface area contributed by atoms with Crippen molar-refractivity contribution in [1.82, 2.24) is 15.5 Å². The van der Waals surface area contributed by atoms with Gasteiger partial charge in [0.25, 0.3) is 0 Å². The van der Waals surface area contributed by atoms with Crippen LogP contribution in [0.4, 0.5) is 0 Å². The molecule has 1 saturated heterocycles. The summed E-state index contributed by atoms with van der Waals surface area (Å²) in [5.74, 6) is 1.21. The Morgan fingerprint density at radius 3 is 2.78 bits per heavy atom. The molecular formula is C12H14ClN3O2. The maximum Gasteiger partial charge on any atom is 0.246 e. The van der Waals surface area contributed by atoms with Gasteiger partial charge in [-0.1, -0.05) is 35.5 Å². The van der Waals surface area contributed by atoms with Crippen LogP contribution < -0.4 is 5.32 Å². The zero-order valence-electron chi connectivity index (χ0n) is 9.70. The van der Waals surface area contributed by atoms with Gasteiger partial charge in [-0.25, -0.2) is 0 Å². The van der Waals surface area contributed by atoms with Crippen molar-refractivity contribution in [3.63, 3.8) is 0 Å². The van der Waals surface area contributed by atoms with Gasteiger partial charge in [-0.15, -0.1) is 12.4 Å². The Morgan fingerprint density at radius 2 is 2.06 bits per heavy atom. The monoisotopic (exact) mass is 267 g/mol. The average Bonchev–Trinajstić information content (AvgIpc) is 2.90. The van der Waals surface area contributed by atoms with E-state index in [0.717, 1.165) is 18.7 Å². The lowest BCUT2D eigenvalue weighted by atomic mass is 10.2. The van der Waals surface area contributed by atoms with Crippen LogP contribution in [0.25, 0.3) is 11.4 Å². The van der Waals surface area contributed by atoms with Crippen LogP contribution in [-0.4, -0.2) is 29.9 Å². The number of benzene rings is 1. The molecule has 0 aliphatic carbocycles. The van der Waals surface area contributed by atoms with Gasteiger partial charge in [-0.2, -0.15) is 4.98 Å². The molecule has 1 atom stereocenters. The van der Waals surface area contributed by atoms with Crippen LogP contribution in [0.5, 0.6) is 0 Å². The van der Waals surface area contributed by atoms with Crippen LogP contribution in [0, 0.1) is 0 Å². The minimum absolute atomic E-state index is 0. The van der Waals surface area contributed by atoms with Gasteiger partial charge in [-0.3, -0.25) is 0 Å². The van der Waals surface area contributed by atoms with E-state index < -0.39 is 0 Å². The van der Waals surface area contributed by atoms with E-state index in [-0.39, 0.29) is 18.4 Å².